The first-order valence-corrected chi connectivity index (χ1v) is 6.82. The minimum Gasteiger partial charge on any atom is -0.459 e. The van der Waals surface area contributed by atoms with Crippen molar-refractivity contribution in [2.75, 3.05) is 5.73 Å². The zero-order valence-electron chi connectivity index (χ0n) is 11.0. The quantitative estimate of drug-likeness (QED) is 0.642. The largest absolute Gasteiger partial charge is 0.459 e. The first-order valence-electron chi connectivity index (χ1n) is 5.74. The third-order valence-electron chi connectivity index (χ3n) is 2.36. The van der Waals surface area contributed by atoms with E-state index in [1.807, 2.05) is 27.0 Å². The Balaban J connectivity index is 2.32. The maximum atomic E-state index is 11.8. The van der Waals surface area contributed by atoms with E-state index >= 15 is 0 Å². The van der Waals surface area contributed by atoms with Crippen LogP contribution in [0.5, 0.6) is 0 Å². The van der Waals surface area contributed by atoms with Crippen LogP contribution in [0, 0.1) is 3.57 Å². The van der Waals surface area contributed by atoms with E-state index in [2.05, 4.69) is 32.6 Å². The van der Waals surface area contributed by atoms with Gasteiger partial charge in [0.1, 0.15) is 29.9 Å². The summed E-state index contributed by atoms with van der Waals surface area (Å²) in [5, 5.41) is 0.770. The van der Waals surface area contributed by atoms with Gasteiger partial charge in [0.05, 0.1) is 5.39 Å². The lowest BCUT2D eigenvalue weighted by atomic mass is 10.2. The normalized spacial score (nSPS) is 11.8. The number of fused-ring (bicyclic) bond motifs is 1. The van der Waals surface area contributed by atoms with Gasteiger partial charge >= 0.3 is 5.97 Å². The van der Waals surface area contributed by atoms with Gasteiger partial charge in [-0.05, 0) is 43.4 Å². The van der Waals surface area contributed by atoms with Crippen LogP contribution in [0.1, 0.15) is 20.8 Å². The molecule has 102 valence electrons. The summed E-state index contributed by atoms with van der Waals surface area (Å²) in [7, 11) is 0. The zero-order chi connectivity index (χ0) is 14.2. The summed E-state index contributed by atoms with van der Waals surface area (Å²) >= 11 is 2.15. The van der Waals surface area contributed by atoms with Gasteiger partial charge in [0.15, 0.2) is 0 Å². The Hall–Kier alpha value is -1.38. The molecule has 0 aliphatic heterocycles. The van der Waals surface area contributed by atoms with Gasteiger partial charge in [0, 0.05) is 9.77 Å². The Morgan fingerprint density at radius 1 is 1.47 bits per heavy atom. The second-order valence-electron chi connectivity index (χ2n) is 5.15. The van der Waals surface area contributed by atoms with Gasteiger partial charge in [-0.1, -0.05) is 0 Å². The second kappa shape index (κ2) is 4.95. The predicted molar refractivity (Wildman–Crippen MR) is 80.5 cm³/mol. The van der Waals surface area contributed by atoms with Gasteiger partial charge in [0.2, 0.25) is 0 Å². The highest BCUT2D eigenvalue weighted by atomic mass is 127. The minimum absolute atomic E-state index is 0.104. The fourth-order valence-electron chi connectivity index (χ4n) is 1.73. The van der Waals surface area contributed by atoms with Crippen LogP contribution in [-0.2, 0) is 16.1 Å². The number of carbonyl (C=O) groups is 1. The molecule has 0 unspecified atom stereocenters. The number of nitrogen functional groups attached to an aromatic ring is 1. The van der Waals surface area contributed by atoms with Crippen molar-refractivity contribution in [2.24, 2.45) is 0 Å². The van der Waals surface area contributed by atoms with Crippen molar-refractivity contribution in [3.05, 3.63) is 16.1 Å². The van der Waals surface area contributed by atoms with E-state index in [-0.39, 0.29) is 12.5 Å². The molecule has 0 fully saturated rings. The van der Waals surface area contributed by atoms with Gasteiger partial charge in [-0.15, -0.1) is 0 Å². The Labute approximate surface area is 124 Å². The van der Waals surface area contributed by atoms with Gasteiger partial charge in [-0.2, -0.15) is 0 Å². The van der Waals surface area contributed by atoms with Crippen molar-refractivity contribution in [1.29, 1.82) is 0 Å². The molecule has 2 heterocycles. The van der Waals surface area contributed by atoms with E-state index in [1.54, 1.807) is 4.57 Å². The van der Waals surface area contributed by atoms with Gasteiger partial charge in [-0.25, -0.2) is 9.97 Å². The molecule has 0 saturated heterocycles. The van der Waals surface area contributed by atoms with Crippen LogP contribution in [0.2, 0.25) is 0 Å². The average Bonchev–Trinajstić information content (AvgIpc) is 2.54. The number of nitrogens with two attached hydrogens (primary N) is 1. The van der Waals surface area contributed by atoms with Crippen molar-refractivity contribution < 1.29 is 9.53 Å². The third kappa shape index (κ3) is 3.14. The van der Waals surface area contributed by atoms with Crippen LogP contribution < -0.4 is 5.73 Å². The Morgan fingerprint density at radius 2 is 2.16 bits per heavy atom. The number of rotatable bonds is 2. The molecule has 0 bridgehead atoms. The first kappa shape index (κ1) is 14.0. The number of anilines is 1. The zero-order valence-corrected chi connectivity index (χ0v) is 13.1. The number of ether oxygens (including phenoxy) is 1. The third-order valence-corrected chi connectivity index (χ3v) is 3.17. The second-order valence-corrected chi connectivity index (χ2v) is 6.31. The molecule has 2 aromatic heterocycles. The maximum absolute atomic E-state index is 11.8. The molecule has 6 nitrogen and oxygen atoms in total. The van der Waals surface area contributed by atoms with E-state index in [1.165, 1.54) is 6.33 Å². The Morgan fingerprint density at radius 3 is 2.79 bits per heavy atom. The monoisotopic (exact) mass is 374 g/mol. The molecule has 19 heavy (non-hydrogen) atoms. The molecule has 0 radical (unpaired) electrons. The van der Waals surface area contributed by atoms with Crippen molar-refractivity contribution in [3.63, 3.8) is 0 Å². The predicted octanol–water partition coefficient (Wildman–Crippen LogP) is 1.96. The summed E-state index contributed by atoms with van der Waals surface area (Å²) in [5.41, 5.74) is 5.96. The summed E-state index contributed by atoms with van der Waals surface area (Å²) in [6, 6.07) is 0. The highest BCUT2D eigenvalue weighted by Crippen LogP contribution is 2.25. The van der Waals surface area contributed by atoms with Gasteiger partial charge in [0.25, 0.3) is 0 Å². The number of esters is 1. The van der Waals surface area contributed by atoms with Crippen LogP contribution in [0.25, 0.3) is 11.0 Å². The lowest BCUT2D eigenvalue weighted by Crippen LogP contribution is -2.26. The molecule has 0 aliphatic carbocycles. The topological polar surface area (TPSA) is 83.0 Å². The summed E-state index contributed by atoms with van der Waals surface area (Å²) in [5.74, 6) is 0.107. The fraction of sp³-hybridized carbons (Fsp3) is 0.417. The van der Waals surface area contributed by atoms with Gasteiger partial charge < -0.3 is 15.0 Å². The summed E-state index contributed by atoms with van der Waals surface area (Å²) in [6.45, 7) is 5.61. The van der Waals surface area contributed by atoms with Crippen LogP contribution >= 0.6 is 22.6 Å². The van der Waals surface area contributed by atoms with Crippen LogP contribution in [-0.4, -0.2) is 26.1 Å². The van der Waals surface area contributed by atoms with Gasteiger partial charge in [-0.3, -0.25) is 4.79 Å². The summed E-state index contributed by atoms with van der Waals surface area (Å²) < 4.78 is 7.93. The molecule has 2 aromatic rings. The van der Waals surface area contributed by atoms with Crippen LogP contribution in [0.3, 0.4) is 0 Å². The smallest absolute Gasteiger partial charge is 0.326 e. The van der Waals surface area contributed by atoms with E-state index in [9.17, 15) is 4.79 Å². The van der Waals surface area contributed by atoms with E-state index in [4.69, 9.17) is 10.5 Å². The maximum Gasteiger partial charge on any atom is 0.326 e. The number of nitrogens with zero attached hydrogens (tertiary/aromatic N) is 3. The van der Waals surface area contributed by atoms with Crippen molar-refractivity contribution in [3.8, 4) is 0 Å². The van der Waals surface area contributed by atoms with Crippen molar-refractivity contribution >= 4 is 45.4 Å². The van der Waals surface area contributed by atoms with E-state index in [0.717, 1.165) is 8.96 Å². The Bertz CT molecular complexity index is 630. The molecular formula is C12H15IN4O2. The van der Waals surface area contributed by atoms with Crippen molar-refractivity contribution in [2.45, 2.75) is 32.9 Å². The van der Waals surface area contributed by atoms with E-state index < -0.39 is 5.60 Å². The van der Waals surface area contributed by atoms with Crippen molar-refractivity contribution in [1.82, 2.24) is 14.5 Å². The number of aromatic nitrogens is 3. The highest BCUT2D eigenvalue weighted by Gasteiger charge is 2.19. The standard InChI is InChI=1S/C12H15IN4O2/c1-12(2,3)19-8(18)5-17-4-7(13)9-10(14)15-6-16-11(9)17/h4,6H,5H2,1-3H3,(H2,14,15,16). The number of hydrogen-bond donors (Lipinski definition) is 1. The van der Waals surface area contributed by atoms with Crippen LogP contribution in [0.4, 0.5) is 5.82 Å². The average molecular weight is 374 g/mol. The van der Waals surface area contributed by atoms with Crippen LogP contribution in [0.15, 0.2) is 12.5 Å². The molecular weight excluding hydrogens is 359 g/mol. The SMILES string of the molecule is CC(C)(C)OC(=O)Cn1cc(I)c2c(N)ncnc21. The molecule has 0 atom stereocenters. The molecule has 7 heteroatoms. The molecule has 0 spiro atoms. The van der Waals surface area contributed by atoms with E-state index in [0.29, 0.717) is 11.5 Å². The molecule has 2 rings (SSSR count). The molecule has 0 saturated carbocycles. The molecule has 0 amide bonds. The lowest BCUT2D eigenvalue weighted by Gasteiger charge is -2.19. The molecule has 2 N–H and O–H groups in total. The molecule has 0 aromatic carbocycles. The lowest BCUT2D eigenvalue weighted by molar-refractivity contribution is -0.155. The highest BCUT2D eigenvalue weighted by molar-refractivity contribution is 14.1. The summed E-state index contributed by atoms with van der Waals surface area (Å²) in [4.78, 5) is 20.0. The first-order chi connectivity index (χ1) is 8.78. The molecule has 0 aliphatic rings. The number of carbonyl (C=O) groups excluding carboxylic acids is 1. The summed E-state index contributed by atoms with van der Waals surface area (Å²) in [6.07, 6.45) is 3.21. The number of hydrogen-bond acceptors (Lipinski definition) is 5. The number of halogens is 1. The fourth-order valence-corrected chi connectivity index (χ4v) is 2.59. The Kier molecular flexibility index (Phi) is 3.66. The minimum atomic E-state index is -0.499.